The standard InChI is InChI=1S/C17H20O2/c1-4-14(11-13(2)3)19-12-17(9-10-17)15-7-5-6-8-16(15)18/h4-8,11,18H,1-2,9-10,12H2,3H3. The monoisotopic (exact) mass is 256 g/mol. The van der Waals surface area contributed by atoms with Crippen molar-refractivity contribution in [3.05, 3.63) is 66.5 Å². The Labute approximate surface area is 114 Å². The molecule has 0 amide bonds. The van der Waals surface area contributed by atoms with E-state index >= 15 is 0 Å². The Hall–Kier alpha value is -1.96. The van der Waals surface area contributed by atoms with E-state index in [0.29, 0.717) is 12.4 Å². The van der Waals surface area contributed by atoms with Crippen molar-refractivity contribution in [2.45, 2.75) is 25.2 Å². The zero-order valence-electron chi connectivity index (χ0n) is 11.4. The van der Waals surface area contributed by atoms with E-state index in [2.05, 4.69) is 13.2 Å². The van der Waals surface area contributed by atoms with E-state index in [9.17, 15) is 5.11 Å². The van der Waals surface area contributed by atoms with Gasteiger partial charge in [-0.2, -0.15) is 0 Å². The molecule has 2 heteroatoms. The summed E-state index contributed by atoms with van der Waals surface area (Å²) in [7, 11) is 0. The van der Waals surface area contributed by atoms with Gasteiger partial charge in [-0.1, -0.05) is 36.9 Å². The fourth-order valence-corrected chi connectivity index (χ4v) is 2.19. The van der Waals surface area contributed by atoms with E-state index in [-0.39, 0.29) is 5.41 Å². The molecule has 0 bridgehead atoms. The topological polar surface area (TPSA) is 29.5 Å². The summed E-state index contributed by atoms with van der Waals surface area (Å²) >= 11 is 0. The lowest BCUT2D eigenvalue weighted by Crippen LogP contribution is -2.15. The molecule has 100 valence electrons. The SMILES string of the molecule is C=CC(=CC(=C)C)OCC1(c2ccccc2O)CC1. The zero-order valence-corrected chi connectivity index (χ0v) is 11.4. The van der Waals surface area contributed by atoms with Crippen molar-refractivity contribution in [2.24, 2.45) is 0 Å². The van der Waals surface area contributed by atoms with Crippen molar-refractivity contribution in [3.63, 3.8) is 0 Å². The van der Waals surface area contributed by atoms with Gasteiger partial charge in [0.25, 0.3) is 0 Å². The van der Waals surface area contributed by atoms with Crippen molar-refractivity contribution in [2.75, 3.05) is 6.61 Å². The van der Waals surface area contributed by atoms with Crippen LogP contribution >= 0.6 is 0 Å². The Morgan fingerprint density at radius 3 is 2.63 bits per heavy atom. The number of phenols is 1. The van der Waals surface area contributed by atoms with Crippen molar-refractivity contribution >= 4 is 0 Å². The van der Waals surface area contributed by atoms with Gasteiger partial charge in [0.1, 0.15) is 11.5 Å². The number of hydrogen-bond acceptors (Lipinski definition) is 2. The average molecular weight is 256 g/mol. The molecule has 1 fully saturated rings. The predicted molar refractivity (Wildman–Crippen MR) is 78.1 cm³/mol. The van der Waals surface area contributed by atoms with Gasteiger partial charge in [0, 0.05) is 11.0 Å². The smallest absolute Gasteiger partial charge is 0.119 e. The molecule has 0 atom stereocenters. The number of para-hydroxylation sites is 1. The second-order valence-corrected chi connectivity index (χ2v) is 5.18. The molecular weight excluding hydrogens is 236 g/mol. The van der Waals surface area contributed by atoms with Crippen LogP contribution in [0.1, 0.15) is 25.3 Å². The largest absolute Gasteiger partial charge is 0.508 e. The molecule has 1 saturated carbocycles. The summed E-state index contributed by atoms with van der Waals surface area (Å²) in [5.41, 5.74) is 1.87. The zero-order chi connectivity index (χ0) is 13.9. The molecule has 1 aromatic rings. The van der Waals surface area contributed by atoms with Crippen LogP contribution in [0.25, 0.3) is 0 Å². The summed E-state index contributed by atoms with van der Waals surface area (Å²) in [5, 5.41) is 9.95. The van der Waals surface area contributed by atoms with Crippen LogP contribution in [0.4, 0.5) is 0 Å². The van der Waals surface area contributed by atoms with Crippen LogP contribution in [0.5, 0.6) is 5.75 Å². The third kappa shape index (κ3) is 3.08. The first-order valence-corrected chi connectivity index (χ1v) is 6.48. The first kappa shape index (κ1) is 13.5. The average Bonchev–Trinajstić information content (AvgIpc) is 3.15. The third-order valence-corrected chi connectivity index (χ3v) is 3.43. The Kier molecular flexibility index (Phi) is 3.79. The van der Waals surface area contributed by atoms with Crippen molar-refractivity contribution in [3.8, 4) is 5.75 Å². The Balaban J connectivity index is 2.09. The molecule has 0 spiro atoms. The maximum atomic E-state index is 9.95. The number of aromatic hydroxyl groups is 1. The highest BCUT2D eigenvalue weighted by Crippen LogP contribution is 2.51. The van der Waals surface area contributed by atoms with Crippen LogP contribution in [-0.2, 0) is 10.2 Å². The second kappa shape index (κ2) is 5.35. The highest BCUT2D eigenvalue weighted by Gasteiger charge is 2.46. The molecule has 19 heavy (non-hydrogen) atoms. The number of phenolic OH excluding ortho intramolecular Hbond substituents is 1. The molecule has 0 radical (unpaired) electrons. The number of rotatable bonds is 6. The van der Waals surface area contributed by atoms with Crippen molar-refractivity contribution in [1.82, 2.24) is 0 Å². The molecule has 0 saturated heterocycles. The molecule has 1 aliphatic rings. The van der Waals surface area contributed by atoms with Gasteiger partial charge in [-0.05, 0) is 38.0 Å². The summed E-state index contributed by atoms with van der Waals surface area (Å²) in [6.45, 7) is 10.1. The van der Waals surface area contributed by atoms with Gasteiger partial charge in [0.05, 0.1) is 6.61 Å². The van der Waals surface area contributed by atoms with E-state index in [0.717, 1.165) is 29.7 Å². The van der Waals surface area contributed by atoms with Gasteiger partial charge < -0.3 is 9.84 Å². The highest BCUT2D eigenvalue weighted by atomic mass is 16.5. The second-order valence-electron chi connectivity index (χ2n) is 5.18. The van der Waals surface area contributed by atoms with Gasteiger partial charge in [0.15, 0.2) is 0 Å². The molecule has 2 nitrogen and oxygen atoms in total. The molecule has 1 N–H and O–H groups in total. The Morgan fingerprint density at radius 1 is 1.42 bits per heavy atom. The van der Waals surface area contributed by atoms with Crippen LogP contribution in [0.2, 0.25) is 0 Å². The summed E-state index contributed by atoms with van der Waals surface area (Å²) in [5.74, 6) is 1.09. The van der Waals surface area contributed by atoms with Crippen molar-refractivity contribution in [1.29, 1.82) is 0 Å². The minimum absolute atomic E-state index is 0.0392. The van der Waals surface area contributed by atoms with Gasteiger partial charge in [-0.3, -0.25) is 0 Å². The molecule has 1 aliphatic carbocycles. The summed E-state index contributed by atoms with van der Waals surface area (Å²) in [4.78, 5) is 0. The Morgan fingerprint density at radius 2 is 2.11 bits per heavy atom. The molecule has 2 rings (SSSR count). The highest BCUT2D eigenvalue weighted by molar-refractivity contribution is 5.42. The molecular formula is C17H20O2. The van der Waals surface area contributed by atoms with E-state index in [1.165, 1.54) is 0 Å². The fourth-order valence-electron chi connectivity index (χ4n) is 2.19. The van der Waals surface area contributed by atoms with Gasteiger partial charge >= 0.3 is 0 Å². The third-order valence-electron chi connectivity index (χ3n) is 3.43. The van der Waals surface area contributed by atoms with Crippen LogP contribution in [-0.4, -0.2) is 11.7 Å². The number of ether oxygens (including phenoxy) is 1. The quantitative estimate of drug-likeness (QED) is 0.613. The number of allylic oxidation sites excluding steroid dienone is 3. The number of hydrogen-bond donors (Lipinski definition) is 1. The van der Waals surface area contributed by atoms with Crippen LogP contribution in [0.15, 0.2) is 60.9 Å². The van der Waals surface area contributed by atoms with Crippen molar-refractivity contribution < 1.29 is 9.84 Å². The predicted octanol–water partition coefficient (Wildman–Crippen LogP) is 4.09. The van der Waals surface area contributed by atoms with E-state index in [1.54, 1.807) is 12.1 Å². The summed E-state index contributed by atoms with van der Waals surface area (Å²) in [6, 6.07) is 7.49. The minimum atomic E-state index is -0.0392. The maximum Gasteiger partial charge on any atom is 0.119 e. The van der Waals surface area contributed by atoms with Crippen LogP contribution < -0.4 is 0 Å². The molecule has 0 heterocycles. The van der Waals surface area contributed by atoms with Gasteiger partial charge in [0.2, 0.25) is 0 Å². The van der Waals surface area contributed by atoms with E-state index < -0.39 is 0 Å². The molecule has 1 aromatic carbocycles. The Bertz CT molecular complexity index is 522. The first-order chi connectivity index (χ1) is 9.07. The van der Waals surface area contributed by atoms with Gasteiger partial charge in [-0.25, -0.2) is 0 Å². The lowest BCUT2D eigenvalue weighted by molar-refractivity contribution is 0.193. The normalized spacial score (nSPS) is 16.8. The first-order valence-electron chi connectivity index (χ1n) is 6.48. The fraction of sp³-hybridized carbons (Fsp3) is 0.294. The summed E-state index contributed by atoms with van der Waals surface area (Å²) in [6.07, 6.45) is 5.65. The van der Waals surface area contributed by atoms with E-state index in [4.69, 9.17) is 4.74 Å². The van der Waals surface area contributed by atoms with E-state index in [1.807, 2.05) is 31.2 Å². The lowest BCUT2D eigenvalue weighted by atomic mass is 9.96. The van der Waals surface area contributed by atoms with Gasteiger partial charge in [-0.15, -0.1) is 0 Å². The molecule has 0 aromatic heterocycles. The molecule has 0 aliphatic heterocycles. The molecule has 0 unspecified atom stereocenters. The number of benzene rings is 1. The maximum absolute atomic E-state index is 9.95. The van der Waals surface area contributed by atoms with Crippen LogP contribution in [0, 0.1) is 0 Å². The minimum Gasteiger partial charge on any atom is -0.508 e. The summed E-state index contributed by atoms with van der Waals surface area (Å²) < 4.78 is 5.81. The van der Waals surface area contributed by atoms with Crippen LogP contribution in [0.3, 0.4) is 0 Å². The lowest BCUT2D eigenvalue weighted by Gasteiger charge is -2.18.